The van der Waals surface area contributed by atoms with E-state index in [4.69, 9.17) is 4.74 Å². The smallest absolute Gasteiger partial charge is 0.247 e. The van der Waals surface area contributed by atoms with Crippen LogP contribution in [0, 0.1) is 0 Å². The monoisotopic (exact) mass is 446 g/mol. The molecule has 0 radical (unpaired) electrons. The fourth-order valence-corrected chi connectivity index (χ4v) is 4.50. The fourth-order valence-electron chi connectivity index (χ4n) is 3.65. The number of piperidine rings is 1. The molecular formula is C19H26N8O3S. The lowest BCUT2D eigenvalue weighted by molar-refractivity contribution is 0.415. The van der Waals surface area contributed by atoms with Crippen LogP contribution in [0.3, 0.4) is 0 Å². The summed E-state index contributed by atoms with van der Waals surface area (Å²) in [5, 5.41) is 10.8. The molecule has 0 saturated carbocycles. The standard InChI is InChI=1S/C19H26N8O3S/c1-20-14-10-15(12-16(11-14)30-2)22-19-23-18-17(21-6-9-27(18)24-19)26-7-4-13(5-8-26)25-31(3,28)29/h6,9-13,20,25H,4-5,7-8H2,1-3H3,(H,22,24). The van der Waals surface area contributed by atoms with Crippen LogP contribution in [0.4, 0.5) is 23.1 Å². The summed E-state index contributed by atoms with van der Waals surface area (Å²) in [5.74, 6) is 1.88. The van der Waals surface area contributed by atoms with E-state index in [2.05, 4.69) is 35.3 Å². The third-order valence-corrected chi connectivity index (χ3v) is 5.86. The highest BCUT2D eigenvalue weighted by Gasteiger charge is 2.24. The molecule has 2 aromatic heterocycles. The predicted molar refractivity (Wildman–Crippen MR) is 120 cm³/mol. The first-order chi connectivity index (χ1) is 14.8. The van der Waals surface area contributed by atoms with Crippen LogP contribution in [0.1, 0.15) is 12.8 Å². The van der Waals surface area contributed by atoms with Crippen LogP contribution in [0.5, 0.6) is 5.75 Å². The summed E-state index contributed by atoms with van der Waals surface area (Å²) in [6, 6.07) is 5.64. The Labute approximate surface area is 180 Å². The number of anilines is 4. The van der Waals surface area contributed by atoms with Gasteiger partial charge in [0.2, 0.25) is 16.0 Å². The molecule has 3 heterocycles. The number of methoxy groups -OCH3 is 1. The molecule has 0 bridgehead atoms. The van der Waals surface area contributed by atoms with Gasteiger partial charge in [0.1, 0.15) is 5.75 Å². The number of nitrogens with zero attached hydrogens (tertiary/aromatic N) is 5. The second-order valence-corrected chi connectivity index (χ2v) is 9.21. The van der Waals surface area contributed by atoms with Crippen LogP contribution in [-0.2, 0) is 10.0 Å². The number of ether oxygens (including phenoxy) is 1. The molecule has 0 aliphatic carbocycles. The molecule has 0 atom stereocenters. The maximum atomic E-state index is 11.5. The Morgan fingerprint density at radius 2 is 1.90 bits per heavy atom. The summed E-state index contributed by atoms with van der Waals surface area (Å²) in [6.07, 6.45) is 6.03. The number of hydrogen-bond donors (Lipinski definition) is 3. The quantitative estimate of drug-likeness (QED) is 0.494. The molecule has 1 saturated heterocycles. The Kier molecular flexibility index (Phi) is 5.83. The van der Waals surface area contributed by atoms with Gasteiger partial charge in [0, 0.05) is 62.1 Å². The second kappa shape index (κ2) is 8.55. The van der Waals surface area contributed by atoms with Gasteiger partial charge in [0.15, 0.2) is 11.5 Å². The highest BCUT2D eigenvalue weighted by molar-refractivity contribution is 7.88. The van der Waals surface area contributed by atoms with Crippen molar-refractivity contribution in [3.8, 4) is 5.75 Å². The Hall–Kier alpha value is -3.12. The van der Waals surface area contributed by atoms with Crippen molar-refractivity contribution in [2.75, 3.05) is 49.0 Å². The summed E-state index contributed by atoms with van der Waals surface area (Å²) in [6.45, 7) is 1.35. The zero-order valence-electron chi connectivity index (χ0n) is 17.7. The van der Waals surface area contributed by atoms with E-state index in [0.717, 1.165) is 17.2 Å². The molecule has 1 aromatic carbocycles. The second-order valence-electron chi connectivity index (χ2n) is 7.43. The minimum Gasteiger partial charge on any atom is -0.497 e. The largest absolute Gasteiger partial charge is 0.497 e. The SMILES string of the molecule is CNc1cc(Nc2nc3c(N4CCC(NS(C)(=O)=O)CC4)nccn3n2)cc(OC)c1. The number of aromatic nitrogens is 4. The van der Waals surface area contributed by atoms with E-state index >= 15 is 0 Å². The van der Waals surface area contributed by atoms with Gasteiger partial charge < -0.3 is 20.3 Å². The molecule has 0 unspecified atom stereocenters. The van der Waals surface area contributed by atoms with Gasteiger partial charge in [0.05, 0.1) is 13.4 Å². The molecule has 4 rings (SSSR count). The number of nitrogens with one attached hydrogen (secondary N) is 3. The van der Waals surface area contributed by atoms with Crippen LogP contribution in [0.2, 0.25) is 0 Å². The molecule has 0 amide bonds. The first-order valence-corrected chi connectivity index (χ1v) is 11.8. The van der Waals surface area contributed by atoms with Crippen molar-refractivity contribution in [2.24, 2.45) is 0 Å². The van der Waals surface area contributed by atoms with Crippen molar-refractivity contribution in [2.45, 2.75) is 18.9 Å². The summed E-state index contributed by atoms with van der Waals surface area (Å²) in [7, 11) is 0.251. The minimum absolute atomic E-state index is 0.0597. The first kappa shape index (κ1) is 21.1. The van der Waals surface area contributed by atoms with Crippen molar-refractivity contribution in [1.29, 1.82) is 0 Å². The van der Waals surface area contributed by atoms with Gasteiger partial charge in [-0.1, -0.05) is 0 Å². The van der Waals surface area contributed by atoms with Crippen LogP contribution in [0.15, 0.2) is 30.6 Å². The number of rotatable bonds is 7. The van der Waals surface area contributed by atoms with Gasteiger partial charge in [-0.15, -0.1) is 5.10 Å². The van der Waals surface area contributed by atoms with E-state index in [1.165, 1.54) is 6.26 Å². The van der Waals surface area contributed by atoms with Crippen molar-refractivity contribution >= 4 is 38.8 Å². The maximum absolute atomic E-state index is 11.5. The third kappa shape index (κ3) is 4.97. The Bertz CT molecular complexity index is 1150. The van der Waals surface area contributed by atoms with E-state index in [-0.39, 0.29) is 6.04 Å². The molecule has 1 aliphatic rings. The summed E-state index contributed by atoms with van der Waals surface area (Å²) >= 11 is 0. The molecule has 0 spiro atoms. The third-order valence-electron chi connectivity index (χ3n) is 5.10. The lowest BCUT2D eigenvalue weighted by Crippen LogP contribution is -2.44. The van der Waals surface area contributed by atoms with Crippen LogP contribution >= 0.6 is 0 Å². The number of benzene rings is 1. The highest BCUT2D eigenvalue weighted by atomic mass is 32.2. The molecule has 12 heteroatoms. The highest BCUT2D eigenvalue weighted by Crippen LogP contribution is 2.27. The lowest BCUT2D eigenvalue weighted by Gasteiger charge is -2.32. The average Bonchev–Trinajstić information content (AvgIpc) is 3.15. The van der Waals surface area contributed by atoms with E-state index in [1.54, 1.807) is 24.0 Å². The summed E-state index contributed by atoms with van der Waals surface area (Å²) in [5.41, 5.74) is 2.33. The van der Waals surface area contributed by atoms with Crippen molar-refractivity contribution in [3.63, 3.8) is 0 Å². The van der Waals surface area contributed by atoms with E-state index in [1.807, 2.05) is 25.2 Å². The van der Waals surface area contributed by atoms with Gasteiger partial charge in [-0.25, -0.2) is 22.6 Å². The van der Waals surface area contributed by atoms with E-state index < -0.39 is 10.0 Å². The van der Waals surface area contributed by atoms with Gasteiger partial charge in [0.25, 0.3) is 0 Å². The average molecular weight is 447 g/mol. The predicted octanol–water partition coefficient (Wildman–Crippen LogP) is 1.44. The Morgan fingerprint density at radius 3 is 2.58 bits per heavy atom. The summed E-state index contributed by atoms with van der Waals surface area (Å²) < 4.78 is 32.7. The van der Waals surface area contributed by atoms with Crippen LogP contribution in [0.25, 0.3) is 5.65 Å². The molecule has 31 heavy (non-hydrogen) atoms. The minimum atomic E-state index is -3.21. The van der Waals surface area contributed by atoms with E-state index in [9.17, 15) is 8.42 Å². The molecule has 3 aromatic rings. The van der Waals surface area contributed by atoms with Gasteiger partial charge in [-0.3, -0.25) is 0 Å². The van der Waals surface area contributed by atoms with Gasteiger partial charge >= 0.3 is 0 Å². The summed E-state index contributed by atoms with van der Waals surface area (Å²) in [4.78, 5) is 11.3. The first-order valence-electron chi connectivity index (χ1n) is 9.92. The molecule has 1 fully saturated rings. The number of sulfonamides is 1. The van der Waals surface area contributed by atoms with Crippen molar-refractivity contribution in [3.05, 3.63) is 30.6 Å². The molecular weight excluding hydrogens is 420 g/mol. The zero-order valence-corrected chi connectivity index (χ0v) is 18.5. The number of hydrogen-bond acceptors (Lipinski definition) is 9. The van der Waals surface area contributed by atoms with Crippen molar-refractivity contribution < 1.29 is 13.2 Å². The lowest BCUT2D eigenvalue weighted by atomic mass is 10.1. The maximum Gasteiger partial charge on any atom is 0.247 e. The van der Waals surface area contributed by atoms with Crippen LogP contribution in [-0.4, -0.2) is 67.5 Å². The topological polar surface area (TPSA) is 126 Å². The van der Waals surface area contributed by atoms with Crippen molar-refractivity contribution in [1.82, 2.24) is 24.3 Å². The van der Waals surface area contributed by atoms with Crippen LogP contribution < -0.4 is 25.0 Å². The molecule has 166 valence electrons. The fraction of sp³-hybridized carbons (Fsp3) is 0.421. The van der Waals surface area contributed by atoms with Gasteiger partial charge in [-0.2, -0.15) is 4.98 Å². The van der Waals surface area contributed by atoms with E-state index in [0.29, 0.717) is 43.3 Å². The molecule has 11 nitrogen and oxygen atoms in total. The molecule has 3 N–H and O–H groups in total. The zero-order chi connectivity index (χ0) is 22.0. The normalized spacial score (nSPS) is 15.3. The Morgan fingerprint density at radius 1 is 1.16 bits per heavy atom. The Balaban J connectivity index is 1.54. The number of fused-ring (bicyclic) bond motifs is 1. The van der Waals surface area contributed by atoms with Gasteiger partial charge in [-0.05, 0) is 18.9 Å². The molecule has 1 aliphatic heterocycles.